The minimum absolute atomic E-state index is 0.0882. The highest BCUT2D eigenvalue weighted by Crippen LogP contribution is 2.49. The molecule has 2 N–H and O–H groups in total. The molecule has 2 bridgehead atoms. The number of aryl methyl sites for hydroxylation is 2. The zero-order chi connectivity index (χ0) is 22.3. The molecule has 0 aliphatic heterocycles. The number of carboxylic acids is 1. The zero-order valence-electron chi connectivity index (χ0n) is 17.7. The van der Waals surface area contributed by atoms with Crippen LogP contribution in [0.15, 0.2) is 36.4 Å². The van der Waals surface area contributed by atoms with E-state index in [0.29, 0.717) is 17.0 Å². The minimum Gasteiger partial charge on any atom is -0.481 e. The van der Waals surface area contributed by atoms with Crippen LogP contribution < -0.4 is 5.32 Å². The number of benzene rings is 1. The third-order valence-corrected chi connectivity index (χ3v) is 7.43. The van der Waals surface area contributed by atoms with E-state index in [2.05, 4.69) is 12.2 Å². The van der Waals surface area contributed by atoms with Crippen LogP contribution in [-0.4, -0.2) is 30.1 Å². The van der Waals surface area contributed by atoms with E-state index in [4.69, 9.17) is 4.74 Å². The van der Waals surface area contributed by atoms with Gasteiger partial charge in [0.15, 0.2) is 0 Å². The van der Waals surface area contributed by atoms with Crippen LogP contribution in [0.25, 0.3) is 11.1 Å². The van der Waals surface area contributed by atoms with Crippen LogP contribution >= 0.6 is 11.3 Å². The Balaban J connectivity index is 1.70. The number of amides is 1. The van der Waals surface area contributed by atoms with E-state index in [9.17, 15) is 19.5 Å². The summed E-state index contributed by atoms with van der Waals surface area (Å²) in [6.45, 7) is 3.98. The number of anilines is 1. The third-order valence-electron chi connectivity index (χ3n) is 6.41. The van der Waals surface area contributed by atoms with Crippen molar-refractivity contribution in [2.45, 2.75) is 26.7 Å². The summed E-state index contributed by atoms with van der Waals surface area (Å²) in [6.07, 6.45) is 5.44. The fraction of sp³-hybridized carbons (Fsp3) is 0.375. The Labute approximate surface area is 184 Å². The topological polar surface area (TPSA) is 92.7 Å². The van der Waals surface area contributed by atoms with Crippen molar-refractivity contribution in [3.8, 4) is 11.1 Å². The van der Waals surface area contributed by atoms with Gasteiger partial charge in [-0.2, -0.15) is 0 Å². The van der Waals surface area contributed by atoms with E-state index in [1.54, 1.807) is 0 Å². The van der Waals surface area contributed by atoms with Crippen molar-refractivity contribution in [1.29, 1.82) is 0 Å². The largest absolute Gasteiger partial charge is 0.481 e. The second-order valence-corrected chi connectivity index (χ2v) is 9.33. The van der Waals surface area contributed by atoms with Crippen LogP contribution in [0.3, 0.4) is 0 Å². The summed E-state index contributed by atoms with van der Waals surface area (Å²) in [5.41, 5.74) is 3.11. The second-order valence-electron chi connectivity index (χ2n) is 8.11. The summed E-state index contributed by atoms with van der Waals surface area (Å²) >= 11 is 1.31. The molecule has 2 aliphatic rings. The number of carboxylic acid groups (broad SMARTS) is 1. The first-order chi connectivity index (χ1) is 14.8. The number of hydrogen-bond acceptors (Lipinski definition) is 5. The number of carbonyl (C=O) groups excluding carboxylic acids is 2. The first kappa shape index (κ1) is 21.3. The van der Waals surface area contributed by atoms with E-state index >= 15 is 0 Å². The number of thiophene rings is 1. The van der Waals surface area contributed by atoms with Crippen molar-refractivity contribution < 1.29 is 24.2 Å². The van der Waals surface area contributed by atoms with Gasteiger partial charge in [-0.15, -0.1) is 11.3 Å². The molecule has 0 unspecified atom stereocenters. The Hall–Kier alpha value is -2.93. The molecule has 0 radical (unpaired) electrons. The SMILES string of the molecule is CCc1ccc(-c2c(C)sc(NC(=O)[C@H]3[C@H](C(=O)O)[C@H]4C=C[C@H]3C4)c2C(=O)OC)cc1. The summed E-state index contributed by atoms with van der Waals surface area (Å²) in [5, 5.41) is 12.9. The monoisotopic (exact) mass is 439 g/mol. The van der Waals surface area contributed by atoms with Gasteiger partial charge in [-0.3, -0.25) is 9.59 Å². The van der Waals surface area contributed by atoms with Gasteiger partial charge in [-0.25, -0.2) is 4.79 Å². The smallest absolute Gasteiger partial charge is 0.341 e. The molecule has 0 spiro atoms. The van der Waals surface area contributed by atoms with E-state index in [1.807, 2.05) is 43.3 Å². The number of ether oxygens (including phenoxy) is 1. The summed E-state index contributed by atoms with van der Waals surface area (Å²) in [7, 11) is 1.31. The Morgan fingerprint density at radius 1 is 1.13 bits per heavy atom. The molecular formula is C24H25NO5S. The van der Waals surface area contributed by atoms with Crippen LogP contribution in [0, 0.1) is 30.6 Å². The summed E-state index contributed by atoms with van der Waals surface area (Å²) < 4.78 is 5.02. The Morgan fingerprint density at radius 3 is 2.35 bits per heavy atom. The van der Waals surface area contributed by atoms with Gasteiger partial charge in [0.2, 0.25) is 5.91 Å². The highest BCUT2D eigenvalue weighted by atomic mass is 32.1. The molecule has 4 atom stereocenters. The molecule has 2 aliphatic carbocycles. The molecule has 4 rings (SSSR count). The fourth-order valence-electron chi connectivity index (χ4n) is 4.90. The highest BCUT2D eigenvalue weighted by molar-refractivity contribution is 7.17. The van der Waals surface area contributed by atoms with Crippen molar-refractivity contribution in [3.05, 3.63) is 52.4 Å². The van der Waals surface area contributed by atoms with Crippen molar-refractivity contribution in [3.63, 3.8) is 0 Å². The van der Waals surface area contributed by atoms with Gasteiger partial charge in [-0.1, -0.05) is 43.3 Å². The van der Waals surface area contributed by atoms with Gasteiger partial charge >= 0.3 is 11.9 Å². The normalized spacial score (nSPS) is 23.7. The maximum absolute atomic E-state index is 13.2. The molecule has 2 aromatic rings. The Morgan fingerprint density at radius 2 is 1.77 bits per heavy atom. The average molecular weight is 440 g/mol. The number of carbonyl (C=O) groups is 3. The molecule has 162 valence electrons. The molecule has 7 heteroatoms. The highest BCUT2D eigenvalue weighted by Gasteiger charge is 2.51. The van der Waals surface area contributed by atoms with Gasteiger partial charge in [-0.05, 0) is 42.7 Å². The fourth-order valence-corrected chi connectivity index (χ4v) is 5.96. The van der Waals surface area contributed by atoms with E-state index < -0.39 is 23.8 Å². The predicted molar refractivity (Wildman–Crippen MR) is 119 cm³/mol. The summed E-state index contributed by atoms with van der Waals surface area (Å²) in [6, 6.07) is 7.97. The third kappa shape index (κ3) is 3.67. The molecule has 1 amide bonds. The zero-order valence-corrected chi connectivity index (χ0v) is 18.5. The molecule has 1 saturated carbocycles. The van der Waals surface area contributed by atoms with Crippen molar-refractivity contribution >= 4 is 34.2 Å². The standard InChI is InChI=1S/C24H25NO5S/c1-4-13-5-7-14(8-6-13)17-12(2)31-22(20(17)24(29)30-3)25-21(26)18-15-9-10-16(11-15)19(18)23(27)28/h5-10,15-16,18-19H,4,11H2,1-3H3,(H,25,26)(H,27,28)/t15-,16-,18+,19+/m0/s1. The number of nitrogens with one attached hydrogen (secondary N) is 1. The average Bonchev–Trinajstić information content (AvgIpc) is 3.46. The first-order valence-corrected chi connectivity index (χ1v) is 11.2. The minimum atomic E-state index is -0.954. The van der Waals surface area contributed by atoms with Gasteiger partial charge in [0.25, 0.3) is 0 Å². The lowest BCUT2D eigenvalue weighted by atomic mass is 9.82. The van der Waals surface area contributed by atoms with E-state index in [-0.39, 0.29) is 17.7 Å². The second kappa shape index (κ2) is 8.30. The number of allylic oxidation sites excluding steroid dienone is 2. The first-order valence-electron chi connectivity index (χ1n) is 10.4. The Kier molecular flexibility index (Phi) is 5.71. The number of aliphatic carboxylic acids is 1. The molecule has 1 aromatic carbocycles. The molecule has 0 saturated heterocycles. The van der Waals surface area contributed by atoms with Crippen molar-refractivity contribution in [1.82, 2.24) is 0 Å². The van der Waals surface area contributed by atoms with Gasteiger partial charge in [0.1, 0.15) is 10.6 Å². The summed E-state index contributed by atoms with van der Waals surface area (Å²) in [4.78, 5) is 38.5. The van der Waals surface area contributed by atoms with Crippen LogP contribution in [0.5, 0.6) is 0 Å². The van der Waals surface area contributed by atoms with Gasteiger partial charge in [0.05, 0.1) is 18.9 Å². The molecule has 1 fully saturated rings. The lowest BCUT2D eigenvalue weighted by molar-refractivity contribution is -0.146. The van der Waals surface area contributed by atoms with Crippen LogP contribution in [-0.2, 0) is 20.7 Å². The molecule has 1 aromatic heterocycles. The summed E-state index contributed by atoms with van der Waals surface area (Å²) in [5.74, 6) is -3.43. The van der Waals surface area contributed by atoms with Gasteiger partial charge < -0.3 is 15.2 Å². The number of fused-ring (bicyclic) bond motifs is 2. The van der Waals surface area contributed by atoms with Crippen molar-refractivity contribution in [2.24, 2.45) is 23.7 Å². The van der Waals surface area contributed by atoms with Crippen LogP contribution in [0.4, 0.5) is 5.00 Å². The number of methoxy groups -OCH3 is 1. The van der Waals surface area contributed by atoms with E-state index in [1.165, 1.54) is 24.0 Å². The van der Waals surface area contributed by atoms with E-state index in [0.717, 1.165) is 22.4 Å². The molecule has 1 heterocycles. The number of rotatable bonds is 6. The predicted octanol–water partition coefficient (Wildman–Crippen LogP) is 4.53. The molecular weight excluding hydrogens is 414 g/mol. The lowest BCUT2D eigenvalue weighted by Crippen LogP contribution is -2.36. The quantitative estimate of drug-likeness (QED) is 0.509. The van der Waals surface area contributed by atoms with Gasteiger partial charge in [0, 0.05) is 10.4 Å². The van der Waals surface area contributed by atoms with Crippen LogP contribution in [0.1, 0.15) is 34.1 Å². The molecule has 6 nitrogen and oxygen atoms in total. The number of esters is 1. The molecule has 31 heavy (non-hydrogen) atoms. The maximum atomic E-state index is 13.2. The Bertz CT molecular complexity index is 1070. The lowest BCUT2D eigenvalue weighted by Gasteiger charge is -2.23. The maximum Gasteiger partial charge on any atom is 0.341 e. The van der Waals surface area contributed by atoms with Crippen LogP contribution in [0.2, 0.25) is 0 Å². The number of hydrogen-bond donors (Lipinski definition) is 2. The van der Waals surface area contributed by atoms with Crippen molar-refractivity contribution in [2.75, 3.05) is 12.4 Å².